The van der Waals surface area contributed by atoms with Gasteiger partial charge in [-0.15, -0.1) is 0 Å². The zero-order chi connectivity index (χ0) is 15.4. The highest BCUT2D eigenvalue weighted by Gasteiger charge is 2.30. The molecule has 0 spiro atoms. The first kappa shape index (κ1) is 15.6. The fraction of sp³-hybridized carbons (Fsp3) is 0.429. The monoisotopic (exact) mass is 311 g/mol. The summed E-state index contributed by atoms with van der Waals surface area (Å²) in [6.07, 6.45) is 0.846. The zero-order valence-electron chi connectivity index (χ0n) is 11.5. The summed E-state index contributed by atoms with van der Waals surface area (Å²) in [5.74, 6) is -0.794. The molecule has 1 fully saturated rings. The molecule has 0 saturated carbocycles. The number of anilines is 1. The highest BCUT2D eigenvalue weighted by molar-refractivity contribution is 6.30. The fourth-order valence-electron chi connectivity index (χ4n) is 2.42. The molecule has 0 aliphatic carbocycles. The molecular weight excluding hydrogens is 294 g/mol. The number of halogens is 1. The molecule has 1 aliphatic rings. The van der Waals surface area contributed by atoms with E-state index in [1.165, 1.54) is 4.90 Å². The maximum absolute atomic E-state index is 12.6. The van der Waals surface area contributed by atoms with Crippen molar-refractivity contribution in [3.8, 4) is 0 Å². The largest absolute Gasteiger partial charge is 0.480 e. The molecule has 2 rings (SSSR count). The molecule has 0 aromatic heterocycles. The fourth-order valence-corrected chi connectivity index (χ4v) is 2.60. The van der Waals surface area contributed by atoms with Gasteiger partial charge in [0.15, 0.2) is 0 Å². The molecule has 6 nitrogen and oxygen atoms in total. The van der Waals surface area contributed by atoms with Gasteiger partial charge in [0, 0.05) is 23.8 Å². The molecule has 3 N–H and O–H groups in total. The van der Waals surface area contributed by atoms with E-state index in [0.717, 1.165) is 6.42 Å². The lowest BCUT2D eigenvalue weighted by atomic mass is 10.1. The van der Waals surface area contributed by atoms with Gasteiger partial charge >= 0.3 is 12.0 Å². The van der Waals surface area contributed by atoms with E-state index < -0.39 is 12.5 Å². The van der Waals surface area contributed by atoms with Crippen LogP contribution in [-0.4, -0.2) is 48.2 Å². The Balaban J connectivity index is 2.20. The number of hydrogen-bond acceptors (Lipinski definition) is 3. The van der Waals surface area contributed by atoms with E-state index in [0.29, 0.717) is 30.3 Å². The van der Waals surface area contributed by atoms with Gasteiger partial charge in [-0.3, -0.25) is 9.69 Å². The summed E-state index contributed by atoms with van der Waals surface area (Å²) in [4.78, 5) is 26.5. The number of carboxylic acid groups (broad SMARTS) is 1. The summed E-state index contributed by atoms with van der Waals surface area (Å²) in [6, 6.07) is 6.29. The highest BCUT2D eigenvalue weighted by Crippen LogP contribution is 2.23. The van der Waals surface area contributed by atoms with Gasteiger partial charge in [-0.05, 0) is 37.1 Å². The lowest BCUT2D eigenvalue weighted by Gasteiger charge is -2.27. The lowest BCUT2D eigenvalue weighted by Crippen LogP contribution is -2.45. The minimum absolute atomic E-state index is 0.278. The Morgan fingerprint density at radius 1 is 1.48 bits per heavy atom. The number of benzene rings is 1. The average Bonchev–Trinajstić information content (AvgIpc) is 2.92. The van der Waals surface area contributed by atoms with E-state index in [2.05, 4.69) is 0 Å². The van der Waals surface area contributed by atoms with Gasteiger partial charge in [-0.25, -0.2) is 4.79 Å². The van der Waals surface area contributed by atoms with Crippen LogP contribution in [0.15, 0.2) is 24.3 Å². The first-order valence-corrected chi connectivity index (χ1v) is 7.13. The van der Waals surface area contributed by atoms with Crippen molar-refractivity contribution in [1.29, 1.82) is 0 Å². The quantitative estimate of drug-likeness (QED) is 0.885. The molecule has 0 radical (unpaired) electrons. The Morgan fingerprint density at radius 2 is 2.24 bits per heavy atom. The highest BCUT2D eigenvalue weighted by atomic mass is 35.5. The van der Waals surface area contributed by atoms with Crippen molar-refractivity contribution in [2.45, 2.75) is 6.42 Å². The van der Waals surface area contributed by atoms with Crippen LogP contribution >= 0.6 is 11.6 Å². The van der Waals surface area contributed by atoms with Crippen LogP contribution in [0.5, 0.6) is 0 Å². The number of hydrogen-bond donors (Lipinski definition) is 2. The first-order valence-electron chi connectivity index (χ1n) is 6.75. The number of carbonyl (C=O) groups excluding carboxylic acids is 1. The van der Waals surface area contributed by atoms with E-state index in [9.17, 15) is 9.59 Å². The van der Waals surface area contributed by atoms with Gasteiger partial charge in [0.05, 0.1) is 0 Å². The van der Waals surface area contributed by atoms with Crippen LogP contribution in [0.2, 0.25) is 5.02 Å². The van der Waals surface area contributed by atoms with Crippen LogP contribution in [0.1, 0.15) is 6.42 Å². The second-order valence-corrected chi connectivity index (χ2v) is 5.52. The molecule has 1 aromatic carbocycles. The second kappa shape index (κ2) is 6.78. The van der Waals surface area contributed by atoms with Gasteiger partial charge in [0.2, 0.25) is 0 Å². The van der Waals surface area contributed by atoms with Gasteiger partial charge < -0.3 is 15.7 Å². The minimum Gasteiger partial charge on any atom is -0.480 e. The molecule has 1 unspecified atom stereocenters. The van der Waals surface area contributed by atoms with Crippen LogP contribution in [0.3, 0.4) is 0 Å². The molecule has 1 heterocycles. The van der Waals surface area contributed by atoms with Crippen LogP contribution in [0.4, 0.5) is 10.5 Å². The molecule has 114 valence electrons. The number of likely N-dealkylation sites (tertiary alicyclic amines) is 1. The molecule has 1 aromatic rings. The van der Waals surface area contributed by atoms with Gasteiger partial charge in [-0.2, -0.15) is 0 Å². The second-order valence-electron chi connectivity index (χ2n) is 5.08. The first-order chi connectivity index (χ1) is 10.0. The van der Waals surface area contributed by atoms with Gasteiger partial charge in [-0.1, -0.05) is 17.7 Å². The Kier molecular flexibility index (Phi) is 5.03. The summed E-state index contributed by atoms with van der Waals surface area (Å²) in [6.45, 7) is 1.28. The van der Waals surface area contributed by atoms with E-state index in [4.69, 9.17) is 22.4 Å². The van der Waals surface area contributed by atoms with E-state index in [1.54, 1.807) is 29.2 Å². The Morgan fingerprint density at radius 3 is 2.81 bits per heavy atom. The number of amides is 2. The number of carbonyl (C=O) groups is 2. The molecule has 1 atom stereocenters. The average molecular weight is 312 g/mol. The van der Waals surface area contributed by atoms with E-state index in [1.807, 2.05) is 0 Å². The standard InChI is InChI=1S/C14H18ClN3O3/c15-11-2-1-3-12(6-11)18(9-13(19)20)14(21)17-5-4-10(7-16)8-17/h1-3,6,10H,4-5,7-9,16H2,(H,19,20). The van der Waals surface area contributed by atoms with Crippen molar-refractivity contribution in [2.75, 3.05) is 31.1 Å². The van der Waals surface area contributed by atoms with Gasteiger partial charge in [0.25, 0.3) is 0 Å². The molecule has 7 heteroatoms. The summed E-state index contributed by atoms with van der Waals surface area (Å²) < 4.78 is 0. The van der Waals surface area contributed by atoms with Crippen LogP contribution in [0.25, 0.3) is 0 Å². The zero-order valence-corrected chi connectivity index (χ0v) is 12.3. The lowest BCUT2D eigenvalue weighted by molar-refractivity contribution is -0.135. The molecule has 0 bridgehead atoms. The number of carboxylic acids is 1. The van der Waals surface area contributed by atoms with Crippen LogP contribution in [0, 0.1) is 5.92 Å². The normalized spacial score (nSPS) is 17.8. The van der Waals surface area contributed by atoms with Crippen molar-refractivity contribution in [3.63, 3.8) is 0 Å². The summed E-state index contributed by atoms with van der Waals surface area (Å²) in [5.41, 5.74) is 6.10. The molecule has 1 aliphatic heterocycles. The predicted molar refractivity (Wildman–Crippen MR) is 80.6 cm³/mol. The van der Waals surface area contributed by atoms with Crippen LogP contribution < -0.4 is 10.6 Å². The minimum atomic E-state index is -1.07. The van der Waals surface area contributed by atoms with E-state index >= 15 is 0 Å². The molecule has 21 heavy (non-hydrogen) atoms. The Bertz CT molecular complexity index is 538. The number of rotatable bonds is 4. The smallest absolute Gasteiger partial charge is 0.325 e. The van der Waals surface area contributed by atoms with Gasteiger partial charge in [0.1, 0.15) is 6.54 Å². The SMILES string of the molecule is NCC1CCN(C(=O)N(CC(=O)O)c2cccc(Cl)c2)C1. The summed E-state index contributed by atoms with van der Waals surface area (Å²) in [7, 11) is 0. The summed E-state index contributed by atoms with van der Waals surface area (Å²) >= 11 is 5.92. The third-order valence-electron chi connectivity index (χ3n) is 3.53. The summed E-state index contributed by atoms with van der Waals surface area (Å²) in [5, 5.41) is 9.49. The Hall–Kier alpha value is -1.79. The number of nitrogens with zero attached hydrogens (tertiary/aromatic N) is 2. The number of aliphatic carboxylic acids is 1. The maximum Gasteiger partial charge on any atom is 0.325 e. The molecule has 1 saturated heterocycles. The van der Waals surface area contributed by atoms with Crippen molar-refractivity contribution in [1.82, 2.24) is 4.90 Å². The molecule has 2 amide bonds. The van der Waals surface area contributed by atoms with Crippen LogP contribution in [-0.2, 0) is 4.79 Å². The molecular formula is C14H18ClN3O3. The predicted octanol–water partition coefficient (Wildman–Crippen LogP) is 1.63. The van der Waals surface area contributed by atoms with Crippen molar-refractivity contribution >= 4 is 29.3 Å². The Labute approximate surface area is 128 Å². The van der Waals surface area contributed by atoms with E-state index in [-0.39, 0.29) is 11.9 Å². The number of nitrogens with two attached hydrogens (primary N) is 1. The van der Waals surface area contributed by atoms with Crippen molar-refractivity contribution in [2.24, 2.45) is 11.7 Å². The topological polar surface area (TPSA) is 86.9 Å². The van der Waals surface area contributed by atoms with Crippen molar-refractivity contribution < 1.29 is 14.7 Å². The maximum atomic E-state index is 12.6. The van der Waals surface area contributed by atoms with Crippen molar-refractivity contribution in [3.05, 3.63) is 29.3 Å². The third-order valence-corrected chi connectivity index (χ3v) is 3.77. The number of urea groups is 1. The third kappa shape index (κ3) is 3.86.